The Bertz CT molecular complexity index is 517. The molecule has 1 aromatic rings. The molecule has 18 heavy (non-hydrogen) atoms. The Hall–Kier alpha value is -0.870. The van der Waals surface area contributed by atoms with E-state index in [1.807, 2.05) is 40.7 Å². The minimum Gasteiger partial charge on any atom is -0.208 e. The van der Waals surface area contributed by atoms with E-state index in [0.29, 0.717) is 4.90 Å². The number of aryl methyl sites for hydroxylation is 3. The van der Waals surface area contributed by atoms with Crippen molar-refractivity contribution < 1.29 is 8.42 Å². The molecule has 0 saturated carbocycles. The fraction of sp³-hybridized carbons (Fsp3) is 0.571. The first-order chi connectivity index (χ1) is 8.31. The normalized spacial score (nSPS) is 12.1. The zero-order valence-electron chi connectivity index (χ0n) is 11.9. The molecular weight excluding hydrogens is 246 g/mol. The highest BCUT2D eigenvalue weighted by molar-refractivity contribution is 7.89. The first-order valence-corrected chi connectivity index (χ1v) is 7.90. The zero-order chi connectivity index (χ0) is 13.9. The van der Waals surface area contributed by atoms with Crippen LogP contribution >= 0.6 is 0 Å². The van der Waals surface area contributed by atoms with Crippen molar-refractivity contribution in [1.82, 2.24) is 4.72 Å². The molecule has 1 N–H and O–H groups in total. The van der Waals surface area contributed by atoms with E-state index in [9.17, 15) is 8.42 Å². The molecule has 0 bridgehead atoms. The van der Waals surface area contributed by atoms with Crippen LogP contribution in [-0.2, 0) is 10.0 Å². The molecule has 0 aliphatic rings. The average Bonchev–Trinajstić information content (AvgIpc) is 2.30. The van der Waals surface area contributed by atoms with E-state index in [1.54, 1.807) is 6.07 Å². The van der Waals surface area contributed by atoms with Gasteiger partial charge in [-0.15, -0.1) is 0 Å². The van der Waals surface area contributed by atoms with Crippen LogP contribution in [0.4, 0.5) is 0 Å². The lowest BCUT2D eigenvalue weighted by atomic mass is 10.1. The van der Waals surface area contributed by atoms with E-state index in [-0.39, 0.29) is 6.04 Å². The molecule has 0 radical (unpaired) electrons. The summed E-state index contributed by atoms with van der Waals surface area (Å²) in [6.07, 6.45) is 1.61. The highest BCUT2D eigenvalue weighted by atomic mass is 32.2. The molecule has 0 heterocycles. The monoisotopic (exact) mass is 269 g/mol. The average molecular weight is 269 g/mol. The summed E-state index contributed by atoms with van der Waals surface area (Å²) in [4.78, 5) is 0.400. The van der Waals surface area contributed by atoms with Gasteiger partial charge in [-0.05, 0) is 56.4 Å². The van der Waals surface area contributed by atoms with E-state index >= 15 is 0 Å². The highest BCUT2D eigenvalue weighted by Gasteiger charge is 2.20. The van der Waals surface area contributed by atoms with Gasteiger partial charge in [0.05, 0.1) is 4.90 Å². The van der Waals surface area contributed by atoms with E-state index in [1.165, 1.54) is 0 Å². The van der Waals surface area contributed by atoms with Crippen LogP contribution < -0.4 is 4.72 Å². The van der Waals surface area contributed by atoms with Crippen LogP contribution in [0.3, 0.4) is 0 Å². The molecule has 1 aromatic carbocycles. The lowest BCUT2D eigenvalue weighted by Gasteiger charge is -2.17. The van der Waals surface area contributed by atoms with E-state index in [4.69, 9.17) is 0 Å². The first-order valence-electron chi connectivity index (χ1n) is 6.42. The highest BCUT2D eigenvalue weighted by Crippen LogP contribution is 2.20. The van der Waals surface area contributed by atoms with Gasteiger partial charge in [0.15, 0.2) is 0 Å². The molecule has 1 rings (SSSR count). The minimum absolute atomic E-state index is 0.0102. The van der Waals surface area contributed by atoms with Crippen LogP contribution in [0.5, 0.6) is 0 Å². The molecule has 0 saturated heterocycles. The molecule has 4 heteroatoms. The summed E-state index contributed by atoms with van der Waals surface area (Å²) in [6, 6.07) is 3.70. The summed E-state index contributed by atoms with van der Waals surface area (Å²) in [5.41, 5.74) is 2.93. The molecule has 0 spiro atoms. The Labute approximate surface area is 111 Å². The number of benzene rings is 1. The van der Waals surface area contributed by atoms with Crippen molar-refractivity contribution in [3.63, 3.8) is 0 Å². The Kier molecular flexibility index (Phi) is 4.93. The van der Waals surface area contributed by atoms with Gasteiger partial charge in [0.2, 0.25) is 10.0 Å². The van der Waals surface area contributed by atoms with Crippen LogP contribution in [0.25, 0.3) is 0 Å². The molecule has 0 amide bonds. The molecule has 0 unspecified atom stereocenters. The van der Waals surface area contributed by atoms with Gasteiger partial charge in [0, 0.05) is 6.04 Å². The summed E-state index contributed by atoms with van der Waals surface area (Å²) >= 11 is 0. The van der Waals surface area contributed by atoms with Crippen LogP contribution in [-0.4, -0.2) is 14.5 Å². The smallest absolute Gasteiger partial charge is 0.208 e. The first kappa shape index (κ1) is 15.2. The standard InChI is InChI=1S/C14H23NO2S/c1-6-13(7-2)15-18(16,17)14-9-11(4)10(3)8-12(14)5/h8-9,13,15H,6-7H2,1-5H3. The third kappa shape index (κ3) is 3.33. The predicted molar refractivity (Wildman–Crippen MR) is 75.3 cm³/mol. The molecule has 0 fully saturated rings. The van der Waals surface area contributed by atoms with Crippen LogP contribution in [0.15, 0.2) is 17.0 Å². The summed E-state index contributed by atoms with van der Waals surface area (Å²) in [5, 5.41) is 0. The Morgan fingerprint density at radius 3 is 2.00 bits per heavy atom. The number of hydrogen-bond donors (Lipinski definition) is 1. The summed E-state index contributed by atoms with van der Waals surface area (Å²) < 4.78 is 27.4. The van der Waals surface area contributed by atoms with Gasteiger partial charge in [0.1, 0.15) is 0 Å². The van der Waals surface area contributed by atoms with Crippen molar-refractivity contribution in [1.29, 1.82) is 0 Å². The minimum atomic E-state index is -3.40. The summed E-state index contributed by atoms with van der Waals surface area (Å²) in [5.74, 6) is 0. The quantitative estimate of drug-likeness (QED) is 0.893. The maximum Gasteiger partial charge on any atom is 0.241 e. The number of hydrogen-bond acceptors (Lipinski definition) is 2. The third-order valence-electron chi connectivity index (χ3n) is 3.39. The fourth-order valence-electron chi connectivity index (χ4n) is 1.96. The van der Waals surface area contributed by atoms with E-state index in [2.05, 4.69) is 4.72 Å². The van der Waals surface area contributed by atoms with Gasteiger partial charge in [-0.1, -0.05) is 19.9 Å². The van der Waals surface area contributed by atoms with Crippen LogP contribution in [0, 0.1) is 20.8 Å². The molecule has 0 aromatic heterocycles. The molecule has 102 valence electrons. The molecule has 0 atom stereocenters. The Morgan fingerprint density at radius 1 is 1.00 bits per heavy atom. The maximum atomic E-state index is 12.3. The van der Waals surface area contributed by atoms with Crippen molar-refractivity contribution in [3.8, 4) is 0 Å². The van der Waals surface area contributed by atoms with Crippen molar-refractivity contribution in [2.45, 2.75) is 58.4 Å². The second-order valence-corrected chi connectivity index (χ2v) is 6.52. The maximum absolute atomic E-state index is 12.3. The second-order valence-electron chi connectivity index (χ2n) is 4.84. The van der Waals surface area contributed by atoms with Crippen molar-refractivity contribution in [2.75, 3.05) is 0 Å². The van der Waals surface area contributed by atoms with Crippen molar-refractivity contribution in [3.05, 3.63) is 28.8 Å². The van der Waals surface area contributed by atoms with Crippen LogP contribution in [0.1, 0.15) is 43.4 Å². The molecule has 0 aliphatic heterocycles. The lowest BCUT2D eigenvalue weighted by Crippen LogP contribution is -2.34. The predicted octanol–water partition coefficient (Wildman–Crippen LogP) is 3.08. The number of sulfonamides is 1. The van der Waals surface area contributed by atoms with Gasteiger partial charge in [0.25, 0.3) is 0 Å². The van der Waals surface area contributed by atoms with Gasteiger partial charge in [-0.2, -0.15) is 0 Å². The summed E-state index contributed by atoms with van der Waals surface area (Å²) in [6.45, 7) is 9.75. The largest absolute Gasteiger partial charge is 0.241 e. The third-order valence-corrected chi connectivity index (χ3v) is 5.05. The van der Waals surface area contributed by atoms with E-state index in [0.717, 1.165) is 29.5 Å². The molecule has 0 aliphatic carbocycles. The molecule has 3 nitrogen and oxygen atoms in total. The second kappa shape index (κ2) is 5.85. The molecular formula is C14H23NO2S. The van der Waals surface area contributed by atoms with Crippen molar-refractivity contribution in [2.24, 2.45) is 0 Å². The Balaban J connectivity index is 3.16. The van der Waals surface area contributed by atoms with Gasteiger partial charge < -0.3 is 0 Å². The van der Waals surface area contributed by atoms with Crippen LogP contribution in [0.2, 0.25) is 0 Å². The zero-order valence-corrected chi connectivity index (χ0v) is 12.7. The van der Waals surface area contributed by atoms with E-state index < -0.39 is 10.0 Å². The topological polar surface area (TPSA) is 46.2 Å². The van der Waals surface area contributed by atoms with Gasteiger partial charge in [-0.25, -0.2) is 13.1 Å². The SMILES string of the molecule is CCC(CC)NS(=O)(=O)c1cc(C)c(C)cc1C. The fourth-order valence-corrected chi connectivity index (χ4v) is 3.68. The summed E-state index contributed by atoms with van der Waals surface area (Å²) in [7, 11) is -3.40. The lowest BCUT2D eigenvalue weighted by molar-refractivity contribution is 0.530. The number of nitrogens with one attached hydrogen (secondary N) is 1. The Morgan fingerprint density at radius 2 is 1.50 bits per heavy atom. The van der Waals surface area contributed by atoms with Gasteiger partial charge >= 0.3 is 0 Å². The van der Waals surface area contributed by atoms with Gasteiger partial charge in [-0.3, -0.25) is 0 Å². The van der Waals surface area contributed by atoms with Crippen molar-refractivity contribution >= 4 is 10.0 Å². The number of rotatable bonds is 5.